The minimum atomic E-state index is -3.14. The first kappa shape index (κ1) is 14.0. The number of hydrogen-bond acceptors (Lipinski definition) is 4. The highest BCUT2D eigenvalue weighted by Crippen LogP contribution is 2.13. The highest BCUT2D eigenvalue weighted by atomic mass is 32.2. The lowest BCUT2D eigenvalue weighted by molar-refractivity contribution is 0.0952. The molecule has 94 valence electrons. The second-order valence-electron chi connectivity index (χ2n) is 3.55. The van der Waals surface area contributed by atoms with E-state index in [-0.39, 0.29) is 17.9 Å². The van der Waals surface area contributed by atoms with Gasteiger partial charge in [0.15, 0.2) is 0 Å². The zero-order valence-electron chi connectivity index (χ0n) is 9.10. The zero-order valence-corrected chi connectivity index (χ0v) is 10.8. The summed E-state index contributed by atoms with van der Waals surface area (Å²) < 4.78 is 34.9. The van der Waals surface area contributed by atoms with Gasteiger partial charge in [-0.3, -0.25) is 4.79 Å². The zero-order chi connectivity index (χ0) is 13.1. The van der Waals surface area contributed by atoms with Gasteiger partial charge in [-0.2, -0.15) is 0 Å². The number of nitrogens with one attached hydrogen (secondary N) is 1. The SMILES string of the molecule is CS(=O)(=O)CCNC(=O)c1cc(S)ccc1F. The Balaban J connectivity index is 2.67. The van der Waals surface area contributed by atoms with Crippen LogP contribution in [0.1, 0.15) is 10.4 Å². The van der Waals surface area contributed by atoms with Crippen LogP contribution >= 0.6 is 12.6 Å². The largest absolute Gasteiger partial charge is 0.351 e. The van der Waals surface area contributed by atoms with Crippen molar-refractivity contribution in [2.45, 2.75) is 4.90 Å². The minimum Gasteiger partial charge on any atom is -0.351 e. The van der Waals surface area contributed by atoms with Crippen LogP contribution < -0.4 is 5.32 Å². The number of carbonyl (C=O) groups excluding carboxylic acids is 1. The number of thiol groups is 1. The Kier molecular flexibility index (Phi) is 4.53. The number of amides is 1. The van der Waals surface area contributed by atoms with E-state index >= 15 is 0 Å². The van der Waals surface area contributed by atoms with Crippen molar-refractivity contribution in [1.29, 1.82) is 0 Å². The van der Waals surface area contributed by atoms with Crippen molar-refractivity contribution in [3.05, 3.63) is 29.6 Å². The summed E-state index contributed by atoms with van der Waals surface area (Å²) in [6.45, 7) is -0.0477. The summed E-state index contributed by atoms with van der Waals surface area (Å²) in [5, 5.41) is 2.33. The summed E-state index contributed by atoms with van der Waals surface area (Å²) in [5.74, 6) is -1.50. The second kappa shape index (κ2) is 5.50. The van der Waals surface area contributed by atoms with Gasteiger partial charge in [-0.05, 0) is 18.2 Å². The average molecular weight is 277 g/mol. The van der Waals surface area contributed by atoms with E-state index in [0.29, 0.717) is 4.90 Å². The molecule has 17 heavy (non-hydrogen) atoms. The molecule has 4 nitrogen and oxygen atoms in total. The van der Waals surface area contributed by atoms with Crippen molar-refractivity contribution in [3.63, 3.8) is 0 Å². The van der Waals surface area contributed by atoms with Crippen LogP contribution in [0.3, 0.4) is 0 Å². The molecule has 7 heteroatoms. The van der Waals surface area contributed by atoms with E-state index in [1.165, 1.54) is 12.1 Å². The number of hydrogen-bond donors (Lipinski definition) is 2. The predicted octanol–water partition coefficient (Wildman–Crippen LogP) is 0.889. The molecule has 1 aromatic carbocycles. The Hall–Kier alpha value is -1.08. The molecule has 0 unspecified atom stereocenters. The molecule has 0 heterocycles. The molecule has 0 aromatic heterocycles. The van der Waals surface area contributed by atoms with Crippen molar-refractivity contribution in [2.24, 2.45) is 0 Å². The molecule has 1 aromatic rings. The summed E-state index contributed by atoms with van der Waals surface area (Å²) in [4.78, 5) is 12.0. The Morgan fingerprint density at radius 3 is 2.71 bits per heavy atom. The smallest absolute Gasteiger partial charge is 0.254 e. The summed E-state index contributed by atoms with van der Waals surface area (Å²) in [6, 6.07) is 3.84. The van der Waals surface area contributed by atoms with Crippen LogP contribution in [0.15, 0.2) is 23.1 Å². The molecule has 0 bridgehead atoms. The third kappa shape index (κ3) is 4.74. The van der Waals surface area contributed by atoms with Crippen molar-refractivity contribution in [1.82, 2.24) is 5.32 Å². The standard InChI is InChI=1S/C10H12FNO3S2/c1-17(14,15)5-4-12-10(13)8-6-7(16)2-3-9(8)11/h2-3,6,16H,4-5H2,1H3,(H,12,13). The van der Waals surface area contributed by atoms with Crippen LogP contribution in [0.5, 0.6) is 0 Å². The molecule has 0 aliphatic carbocycles. The third-order valence-corrected chi connectivity index (χ3v) is 3.18. The molecule has 0 radical (unpaired) electrons. The summed E-state index contributed by atoms with van der Waals surface area (Å²) in [7, 11) is -3.14. The van der Waals surface area contributed by atoms with Crippen LogP contribution in [-0.2, 0) is 9.84 Å². The van der Waals surface area contributed by atoms with E-state index in [1.54, 1.807) is 0 Å². The van der Waals surface area contributed by atoms with Crippen LogP contribution in [-0.4, -0.2) is 32.9 Å². The fourth-order valence-electron chi connectivity index (χ4n) is 1.13. The molecule has 0 spiro atoms. The molecule has 1 amide bonds. The van der Waals surface area contributed by atoms with Gasteiger partial charge >= 0.3 is 0 Å². The molecule has 0 aliphatic rings. The number of carbonyl (C=O) groups is 1. The number of rotatable bonds is 4. The molecule has 0 aliphatic heterocycles. The Labute approximate surface area is 105 Å². The van der Waals surface area contributed by atoms with Gasteiger partial charge in [0, 0.05) is 17.7 Å². The average Bonchev–Trinajstić information content (AvgIpc) is 2.19. The first-order valence-electron chi connectivity index (χ1n) is 4.74. The van der Waals surface area contributed by atoms with Gasteiger partial charge in [-0.25, -0.2) is 12.8 Å². The molecular formula is C10H12FNO3S2. The number of halogens is 1. The molecule has 0 saturated carbocycles. The third-order valence-electron chi connectivity index (χ3n) is 1.95. The Bertz CT molecular complexity index is 528. The molecule has 0 atom stereocenters. The first-order chi connectivity index (χ1) is 7.79. The highest BCUT2D eigenvalue weighted by molar-refractivity contribution is 7.90. The lowest BCUT2D eigenvalue weighted by Crippen LogP contribution is -2.29. The maximum Gasteiger partial charge on any atom is 0.254 e. The first-order valence-corrected chi connectivity index (χ1v) is 7.25. The van der Waals surface area contributed by atoms with Crippen LogP contribution in [0, 0.1) is 5.82 Å². The van der Waals surface area contributed by atoms with Gasteiger partial charge in [-0.1, -0.05) is 0 Å². The summed E-state index contributed by atoms with van der Waals surface area (Å²) in [6.07, 6.45) is 1.06. The van der Waals surface area contributed by atoms with E-state index in [1.807, 2.05) is 0 Å². The maximum absolute atomic E-state index is 13.3. The van der Waals surface area contributed by atoms with Crippen LogP contribution in [0.2, 0.25) is 0 Å². The number of sulfone groups is 1. The van der Waals surface area contributed by atoms with Gasteiger partial charge in [0.1, 0.15) is 15.7 Å². The lowest BCUT2D eigenvalue weighted by Gasteiger charge is -2.05. The van der Waals surface area contributed by atoms with Gasteiger partial charge in [-0.15, -0.1) is 12.6 Å². The van der Waals surface area contributed by atoms with Gasteiger partial charge in [0.25, 0.3) is 5.91 Å². The van der Waals surface area contributed by atoms with Gasteiger partial charge in [0.05, 0.1) is 11.3 Å². The lowest BCUT2D eigenvalue weighted by atomic mass is 10.2. The maximum atomic E-state index is 13.3. The summed E-state index contributed by atoms with van der Waals surface area (Å²) in [5.41, 5.74) is -0.147. The predicted molar refractivity (Wildman–Crippen MR) is 65.7 cm³/mol. The van der Waals surface area contributed by atoms with Crippen molar-refractivity contribution < 1.29 is 17.6 Å². The van der Waals surface area contributed by atoms with Crippen molar-refractivity contribution in [2.75, 3.05) is 18.6 Å². The molecule has 0 fully saturated rings. The topological polar surface area (TPSA) is 63.2 Å². The normalized spacial score (nSPS) is 11.2. The van der Waals surface area contributed by atoms with Crippen LogP contribution in [0.4, 0.5) is 4.39 Å². The van der Waals surface area contributed by atoms with Gasteiger partial charge in [0.2, 0.25) is 0 Å². The summed E-state index contributed by atoms with van der Waals surface area (Å²) >= 11 is 3.99. The van der Waals surface area contributed by atoms with E-state index in [0.717, 1.165) is 12.3 Å². The quantitative estimate of drug-likeness (QED) is 0.803. The van der Waals surface area contributed by atoms with Crippen molar-refractivity contribution >= 4 is 28.4 Å². The van der Waals surface area contributed by atoms with Crippen molar-refractivity contribution in [3.8, 4) is 0 Å². The molecule has 1 N–H and O–H groups in total. The fraction of sp³-hybridized carbons (Fsp3) is 0.300. The van der Waals surface area contributed by atoms with Gasteiger partial charge < -0.3 is 5.32 Å². The van der Waals surface area contributed by atoms with E-state index in [4.69, 9.17) is 0 Å². The Morgan fingerprint density at radius 2 is 2.12 bits per heavy atom. The molecule has 0 saturated heterocycles. The van der Waals surface area contributed by atoms with E-state index in [9.17, 15) is 17.6 Å². The van der Waals surface area contributed by atoms with E-state index in [2.05, 4.69) is 17.9 Å². The van der Waals surface area contributed by atoms with Crippen LogP contribution in [0.25, 0.3) is 0 Å². The molecule has 1 rings (SSSR count). The fourth-order valence-corrected chi connectivity index (χ4v) is 1.81. The Morgan fingerprint density at radius 1 is 1.47 bits per heavy atom. The second-order valence-corrected chi connectivity index (χ2v) is 6.33. The van der Waals surface area contributed by atoms with E-state index < -0.39 is 21.6 Å². The minimum absolute atomic E-state index is 0.0477. The molecular weight excluding hydrogens is 265 g/mol. The highest BCUT2D eigenvalue weighted by Gasteiger charge is 2.12. The number of benzene rings is 1. The monoisotopic (exact) mass is 277 g/mol.